The van der Waals surface area contributed by atoms with Crippen molar-refractivity contribution in [3.63, 3.8) is 0 Å². The zero-order chi connectivity index (χ0) is 18.0. The van der Waals surface area contributed by atoms with Crippen molar-refractivity contribution >= 4 is 40.6 Å². The molecule has 126 valence electrons. The molecule has 1 aromatic carbocycles. The molecule has 0 amide bonds. The lowest BCUT2D eigenvalue weighted by Gasteiger charge is -2.03. The van der Waals surface area contributed by atoms with E-state index in [1.807, 2.05) is 0 Å². The molecule has 0 spiro atoms. The summed E-state index contributed by atoms with van der Waals surface area (Å²) in [6.07, 6.45) is 1.20. The van der Waals surface area contributed by atoms with Gasteiger partial charge in [0.1, 0.15) is 18.1 Å². The van der Waals surface area contributed by atoms with E-state index in [2.05, 4.69) is 20.0 Å². The molecule has 9 heteroatoms. The molecule has 2 aromatic rings. The first kappa shape index (κ1) is 16.7. The number of carbonyl (C=O) groups is 1. The van der Waals surface area contributed by atoms with Crippen LogP contribution in [-0.2, 0) is 0 Å². The van der Waals surface area contributed by atoms with Crippen molar-refractivity contribution in [1.82, 2.24) is 4.98 Å². The van der Waals surface area contributed by atoms with Crippen LogP contribution in [0.3, 0.4) is 0 Å². The van der Waals surface area contributed by atoms with Crippen molar-refractivity contribution in [3.05, 3.63) is 52.8 Å². The number of aliphatic imine (C=N–C) groups is 3. The molecule has 25 heavy (non-hydrogen) atoms. The maximum atomic E-state index is 10.9. The summed E-state index contributed by atoms with van der Waals surface area (Å²) in [6, 6.07) is 7.26. The van der Waals surface area contributed by atoms with E-state index in [9.17, 15) is 15.0 Å². The molecule has 1 aromatic heterocycles. The zero-order valence-electron chi connectivity index (χ0n) is 12.6. The number of aromatic carboxylic acids is 1. The summed E-state index contributed by atoms with van der Waals surface area (Å²) in [4.78, 5) is 27.6. The third-order valence-electron chi connectivity index (χ3n) is 3.25. The number of aliphatic hydroxyl groups excluding tert-OH is 1. The number of hydrogen-bond acceptors (Lipinski definition) is 6. The highest BCUT2D eigenvalue weighted by molar-refractivity contribution is 6.53. The quantitative estimate of drug-likeness (QED) is 0.770. The SMILES string of the molecule is O=C(O)c1ccc(C2=NC(CO)=NC2=Nc2ccc(O)c(Cl)c2)nc1. The second kappa shape index (κ2) is 6.80. The van der Waals surface area contributed by atoms with Crippen LogP contribution in [-0.4, -0.2) is 50.3 Å². The summed E-state index contributed by atoms with van der Waals surface area (Å²) in [5.41, 5.74) is 1.12. The summed E-state index contributed by atoms with van der Waals surface area (Å²) in [7, 11) is 0. The summed E-state index contributed by atoms with van der Waals surface area (Å²) < 4.78 is 0. The van der Waals surface area contributed by atoms with Crippen LogP contribution in [0.5, 0.6) is 5.75 Å². The molecular formula is C16H11ClN4O4. The highest BCUT2D eigenvalue weighted by Gasteiger charge is 2.21. The van der Waals surface area contributed by atoms with Crippen LogP contribution >= 0.6 is 11.6 Å². The van der Waals surface area contributed by atoms with Crippen LogP contribution in [0.4, 0.5) is 5.69 Å². The minimum absolute atomic E-state index is 0.0365. The summed E-state index contributed by atoms with van der Waals surface area (Å²) in [5, 5.41) is 27.8. The lowest BCUT2D eigenvalue weighted by molar-refractivity contribution is 0.0696. The largest absolute Gasteiger partial charge is 0.506 e. The molecule has 2 heterocycles. The number of carboxylic acids is 1. The Kier molecular flexibility index (Phi) is 4.55. The Labute approximate surface area is 146 Å². The molecule has 0 atom stereocenters. The van der Waals surface area contributed by atoms with Gasteiger partial charge in [-0.15, -0.1) is 0 Å². The Hall–Kier alpha value is -3.10. The smallest absolute Gasteiger partial charge is 0.337 e. The summed E-state index contributed by atoms with van der Waals surface area (Å²) >= 11 is 5.86. The molecule has 1 aliphatic heterocycles. The highest BCUT2D eigenvalue weighted by Crippen LogP contribution is 2.28. The van der Waals surface area contributed by atoms with Gasteiger partial charge in [-0.25, -0.2) is 19.8 Å². The third kappa shape index (κ3) is 3.54. The van der Waals surface area contributed by atoms with E-state index in [1.54, 1.807) is 6.07 Å². The number of phenolic OH excluding ortho intramolecular Hbond substituents is 1. The molecule has 0 radical (unpaired) electrons. The van der Waals surface area contributed by atoms with E-state index in [4.69, 9.17) is 16.7 Å². The monoisotopic (exact) mass is 358 g/mol. The third-order valence-corrected chi connectivity index (χ3v) is 3.55. The predicted molar refractivity (Wildman–Crippen MR) is 92.5 cm³/mol. The van der Waals surface area contributed by atoms with Gasteiger partial charge < -0.3 is 15.3 Å². The van der Waals surface area contributed by atoms with Crippen molar-refractivity contribution in [3.8, 4) is 5.75 Å². The fourth-order valence-electron chi connectivity index (χ4n) is 2.05. The number of halogens is 1. The minimum atomic E-state index is -1.09. The maximum absolute atomic E-state index is 10.9. The van der Waals surface area contributed by atoms with Gasteiger partial charge in [0.25, 0.3) is 0 Å². The number of amidine groups is 2. The van der Waals surface area contributed by atoms with Crippen molar-refractivity contribution in [2.45, 2.75) is 0 Å². The number of nitrogens with zero attached hydrogens (tertiary/aromatic N) is 4. The first-order valence-corrected chi connectivity index (χ1v) is 7.40. The van der Waals surface area contributed by atoms with E-state index >= 15 is 0 Å². The molecule has 8 nitrogen and oxygen atoms in total. The van der Waals surface area contributed by atoms with Gasteiger partial charge in [-0.3, -0.25) is 4.98 Å². The molecule has 0 fully saturated rings. The van der Waals surface area contributed by atoms with Crippen molar-refractivity contribution in [2.75, 3.05) is 6.61 Å². The number of phenols is 1. The Morgan fingerprint density at radius 2 is 2.00 bits per heavy atom. The lowest BCUT2D eigenvalue weighted by atomic mass is 10.2. The van der Waals surface area contributed by atoms with Crippen LogP contribution in [0, 0.1) is 0 Å². The molecule has 0 unspecified atom stereocenters. The fourth-order valence-corrected chi connectivity index (χ4v) is 2.22. The number of aliphatic hydroxyl groups is 1. The Balaban J connectivity index is 2.00. The van der Waals surface area contributed by atoms with Gasteiger partial charge in [-0.1, -0.05) is 11.6 Å². The topological polar surface area (TPSA) is 128 Å². The van der Waals surface area contributed by atoms with Crippen LogP contribution in [0.15, 0.2) is 51.5 Å². The van der Waals surface area contributed by atoms with Crippen molar-refractivity contribution < 1.29 is 20.1 Å². The average molecular weight is 359 g/mol. The second-order valence-corrected chi connectivity index (χ2v) is 5.36. The first-order valence-electron chi connectivity index (χ1n) is 7.02. The van der Waals surface area contributed by atoms with E-state index in [0.717, 1.165) is 0 Å². The second-order valence-electron chi connectivity index (χ2n) is 4.95. The standard InChI is InChI=1S/C16H11ClN4O4/c17-10-5-9(2-4-12(10)23)19-15-14(20-13(7-22)21-15)11-3-1-8(6-18-11)16(24)25/h1-6,22-23H,7H2,(H,24,25). The summed E-state index contributed by atoms with van der Waals surface area (Å²) in [6.45, 7) is -0.383. The Morgan fingerprint density at radius 3 is 2.60 bits per heavy atom. The van der Waals surface area contributed by atoms with E-state index in [1.165, 1.54) is 30.5 Å². The van der Waals surface area contributed by atoms with Gasteiger partial charge >= 0.3 is 5.97 Å². The molecule has 0 aliphatic carbocycles. The van der Waals surface area contributed by atoms with Crippen LogP contribution < -0.4 is 0 Å². The van der Waals surface area contributed by atoms with Gasteiger partial charge in [0, 0.05) is 6.20 Å². The first-order chi connectivity index (χ1) is 12.0. The van der Waals surface area contributed by atoms with Crippen molar-refractivity contribution in [2.24, 2.45) is 15.0 Å². The average Bonchev–Trinajstić information content (AvgIpc) is 3.01. The minimum Gasteiger partial charge on any atom is -0.506 e. The highest BCUT2D eigenvalue weighted by atomic mass is 35.5. The van der Waals surface area contributed by atoms with E-state index in [0.29, 0.717) is 17.1 Å². The molecule has 0 saturated heterocycles. The van der Waals surface area contributed by atoms with Gasteiger partial charge in [0.05, 0.1) is 22.0 Å². The number of rotatable bonds is 4. The molecule has 3 rings (SSSR count). The van der Waals surface area contributed by atoms with E-state index in [-0.39, 0.29) is 34.6 Å². The number of aromatic nitrogens is 1. The number of benzene rings is 1. The molecule has 0 saturated carbocycles. The van der Waals surface area contributed by atoms with Gasteiger partial charge in [-0.2, -0.15) is 0 Å². The zero-order valence-corrected chi connectivity index (χ0v) is 13.3. The number of carboxylic acid groups (broad SMARTS) is 1. The van der Waals surface area contributed by atoms with Gasteiger partial charge in [0.15, 0.2) is 11.7 Å². The molecule has 3 N–H and O–H groups in total. The van der Waals surface area contributed by atoms with E-state index < -0.39 is 5.97 Å². The lowest BCUT2D eigenvalue weighted by Crippen LogP contribution is -2.12. The summed E-state index contributed by atoms with van der Waals surface area (Å²) in [5.74, 6) is -0.812. The van der Waals surface area contributed by atoms with Gasteiger partial charge in [0.2, 0.25) is 0 Å². The number of pyridine rings is 1. The van der Waals surface area contributed by atoms with Crippen LogP contribution in [0.25, 0.3) is 0 Å². The fraction of sp³-hybridized carbons (Fsp3) is 0.0625. The van der Waals surface area contributed by atoms with Crippen LogP contribution in [0.2, 0.25) is 5.02 Å². The normalized spacial score (nSPS) is 15.2. The Bertz CT molecular complexity index is 936. The molecule has 1 aliphatic rings. The van der Waals surface area contributed by atoms with Crippen LogP contribution in [0.1, 0.15) is 16.1 Å². The molecule has 0 bridgehead atoms. The number of aromatic hydroxyl groups is 1. The van der Waals surface area contributed by atoms with Gasteiger partial charge in [-0.05, 0) is 30.3 Å². The predicted octanol–water partition coefficient (Wildman–Crippen LogP) is 2.06. The maximum Gasteiger partial charge on any atom is 0.337 e. The van der Waals surface area contributed by atoms with Crippen molar-refractivity contribution in [1.29, 1.82) is 0 Å². The Morgan fingerprint density at radius 1 is 1.20 bits per heavy atom. The molecular weight excluding hydrogens is 348 g/mol. The number of hydrogen-bond donors (Lipinski definition) is 3.